The van der Waals surface area contributed by atoms with Gasteiger partial charge in [0.25, 0.3) is 0 Å². The van der Waals surface area contributed by atoms with Crippen molar-refractivity contribution in [2.75, 3.05) is 0 Å². The van der Waals surface area contributed by atoms with Crippen LogP contribution in [-0.2, 0) is 0 Å². The molecule has 1 heterocycles. The van der Waals surface area contributed by atoms with Gasteiger partial charge in [0.15, 0.2) is 0 Å². The lowest BCUT2D eigenvalue weighted by Crippen LogP contribution is -2.25. The number of fused-ring (bicyclic) bond motifs is 3. The Kier molecular flexibility index (Phi) is 9.29. The average Bonchev–Trinajstić information content (AvgIpc) is 3.21. The van der Waals surface area contributed by atoms with Crippen LogP contribution >= 0.6 is 0 Å². The first kappa shape index (κ1) is 34.0. The summed E-state index contributed by atoms with van der Waals surface area (Å²) in [6.07, 6.45) is 19.6. The van der Waals surface area contributed by atoms with Crippen LogP contribution in [-0.4, -0.2) is 10.7 Å². The number of aliphatic imine (C=N–C) groups is 1. The predicted octanol–water partition coefficient (Wildman–Crippen LogP) is 13.7. The van der Waals surface area contributed by atoms with Gasteiger partial charge in [0, 0.05) is 17.8 Å². The van der Waals surface area contributed by atoms with E-state index in [1.54, 1.807) is 0 Å². The minimum absolute atomic E-state index is 0.340. The molecular formula is C51H44N2. The first-order valence-electron chi connectivity index (χ1n) is 18.6. The van der Waals surface area contributed by atoms with Crippen LogP contribution in [0.15, 0.2) is 176 Å². The molecule has 8 rings (SSSR count). The minimum atomic E-state index is -0.340. The summed E-state index contributed by atoms with van der Waals surface area (Å²) < 4.78 is 0. The fourth-order valence-electron chi connectivity index (χ4n) is 7.74. The monoisotopic (exact) mass is 684 g/mol. The molecule has 1 aromatic heterocycles. The van der Waals surface area contributed by atoms with Crippen molar-refractivity contribution in [3.63, 3.8) is 0 Å². The van der Waals surface area contributed by atoms with Crippen molar-refractivity contribution >= 4 is 39.4 Å². The summed E-state index contributed by atoms with van der Waals surface area (Å²) in [5.74, 6) is 0.483. The standard InChI is InChI=1S/C51H44N2/c1-35-12-10-18-47-48(33-44-15-8-9-17-46(44)50(35)47)43-27-29-51(4,30-28-43)49(32-36(2)38-19-23-42(24-20-38)45-16-11-31-52-34-45)53-37(3)39-21-25-41(26-22-39)40-13-6-5-7-14-40/h5-11,13-29,31-35H,3,12,30H2,1-2,4H3/b36-32+,53-49+. The molecule has 0 bridgehead atoms. The molecule has 0 saturated carbocycles. The number of benzene rings is 5. The highest BCUT2D eigenvalue weighted by Gasteiger charge is 2.30. The molecule has 0 N–H and O–H groups in total. The number of aromatic nitrogens is 1. The fraction of sp³-hybridized carbons (Fsp3) is 0.137. The second-order valence-electron chi connectivity index (χ2n) is 14.7. The van der Waals surface area contributed by atoms with Crippen LogP contribution in [0, 0.1) is 5.41 Å². The van der Waals surface area contributed by atoms with Gasteiger partial charge in [0.1, 0.15) is 0 Å². The zero-order valence-corrected chi connectivity index (χ0v) is 30.8. The lowest BCUT2D eigenvalue weighted by Gasteiger charge is -2.30. The molecule has 0 aliphatic heterocycles. The van der Waals surface area contributed by atoms with Crippen LogP contribution in [0.3, 0.4) is 0 Å². The Morgan fingerprint density at radius 3 is 2.19 bits per heavy atom. The third-order valence-corrected chi connectivity index (χ3v) is 10.9. The van der Waals surface area contributed by atoms with Crippen LogP contribution in [0.4, 0.5) is 0 Å². The van der Waals surface area contributed by atoms with Gasteiger partial charge >= 0.3 is 0 Å². The van der Waals surface area contributed by atoms with E-state index in [-0.39, 0.29) is 5.41 Å². The van der Waals surface area contributed by atoms with E-state index in [1.165, 1.54) is 44.2 Å². The van der Waals surface area contributed by atoms with Gasteiger partial charge in [-0.05, 0) is 116 Å². The summed E-state index contributed by atoms with van der Waals surface area (Å²) in [5, 5.41) is 2.67. The maximum absolute atomic E-state index is 5.34. The van der Waals surface area contributed by atoms with Crippen molar-refractivity contribution in [1.82, 2.24) is 4.98 Å². The van der Waals surface area contributed by atoms with E-state index in [2.05, 4.69) is 178 Å². The highest BCUT2D eigenvalue weighted by molar-refractivity contribution is 6.08. The lowest BCUT2D eigenvalue weighted by molar-refractivity contribution is 0.606. The number of allylic oxidation sites excluding steroid dienone is 7. The Hall–Kier alpha value is -6.12. The molecule has 2 nitrogen and oxygen atoms in total. The lowest BCUT2D eigenvalue weighted by atomic mass is 9.74. The van der Waals surface area contributed by atoms with Gasteiger partial charge < -0.3 is 0 Å². The van der Waals surface area contributed by atoms with E-state index in [0.29, 0.717) is 5.92 Å². The van der Waals surface area contributed by atoms with Crippen LogP contribution in [0.5, 0.6) is 0 Å². The Bertz CT molecular complexity index is 2460. The summed E-state index contributed by atoms with van der Waals surface area (Å²) in [7, 11) is 0. The number of rotatable bonds is 8. The maximum Gasteiger partial charge on any atom is 0.0633 e. The van der Waals surface area contributed by atoms with Crippen molar-refractivity contribution in [3.8, 4) is 22.3 Å². The molecular weight excluding hydrogens is 641 g/mol. The van der Waals surface area contributed by atoms with Gasteiger partial charge in [-0.15, -0.1) is 0 Å². The van der Waals surface area contributed by atoms with Gasteiger partial charge in [-0.3, -0.25) is 9.98 Å². The Morgan fingerprint density at radius 1 is 0.792 bits per heavy atom. The van der Waals surface area contributed by atoms with Crippen LogP contribution in [0.25, 0.3) is 55.9 Å². The Morgan fingerprint density at radius 2 is 1.47 bits per heavy atom. The Balaban J connectivity index is 1.15. The highest BCUT2D eigenvalue weighted by atomic mass is 14.8. The molecule has 5 aromatic carbocycles. The molecule has 2 unspecified atom stereocenters. The third kappa shape index (κ3) is 6.93. The minimum Gasteiger partial charge on any atom is -0.264 e. The number of nitrogens with zero attached hydrogens (tertiary/aromatic N) is 2. The molecule has 0 radical (unpaired) electrons. The molecule has 0 fully saturated rings. The zero-order valence-electron chi connectivity index (χ0n) is 30.8. The number of hydrogen-bond acceptors (Lipinski definition) is 2. The third-order valence-electron chi connectivity index (χ3n) is 10.9. The molecule has 2 heteroatoms. The summed E-state index contributed by atoms with van der Waals surface area (Å²) in [4.78, 5) is 9.64. The van der Waals surface area contributed by atoms with Crippen molar-refractivity contribution in [2.45, 2.75) is 39.5 Å². The first-order chi connectivity index (χ1) is 25.9. The van der Waals surface area contributed by atoms with Gasteiger partial charge in [0.2, 0.25) is 0 Å². The number of hydrogen-bond donors (Lipinski definition) is 0. The molecule has 0 saturated heterocycles. The summed E-state index contributed by atoms with van der Waals surface area (Å²) in [6, 6.07) is 43.1. The quantitative estimate of drug-likeness (QED) is 0.147. The molecule has 0 amide bonds. The fourth-order valence-corrected chi connectivity index (χ4v) is 7.74. The van der Waals surface area contributed by atoms with Crippen molar-refractivity contribution in [2.24, 2.45) is 10.4 Å². The second-order valence-corrected chi connectivity index (χ2v) is 14.7. The molecule has 2 aliphatic rings. The SMILES string of the molecule is C=C(/N=C(\C=C(/C)c1ccc(-c2cccnc2)cc1)C1(C)C=CC(c2cc3ccccc3c3c2C=CCC3C)=CC1)c1ccc(-c2ccccc2)cc1. The Labute approximate surface area is 314 Å². The van der Waals surface area contributed by atoms with Crippen LogP contribution in [0.1, 0.15) is 67.3 Å². The molecule has 2 aliphatic carbocycles. The summed E-state index contributed by atoms with van der Waals surface area (Å²) in [5.41, 5.74) is 14.8. The van der Waals surface area contributed by atoms with Gasteiger partial charge in [0.05, 0.1) is 11.4 Å². The van der Waals surface area contributed by atoms with E-state index in [0.717, 1.165) is 52.1 Å². The molecule has 6 aromatic rings. The largest absolute Gasteiger partial charge is 0.264 e. The van der Waals surface area contributed by atoms with E-state index < -0.39 is 0 Å². The van der Waals surface area contributed by atoms with Crippen LogP contribution in [0.2, 0.25) is 0 Å². The normalized spacial score (nSPS) is 18.5. The molecule has 0 spiro atoms. The molecule has 2 atom stereocenters. The van der Waals surface area contributed by atoms with Gasteiger partial charge in [-0.2, -0.15) is 0 Å². The van der Waals surface area contributed by atoms with Crippen molar-refractivity contribution in [1.29, 1.82) is 0 Å². The van der Waals surface area contributed by atoms with E-state index in [1.807, 2.05) is 24.5 Å². The zero-order chi connectivity index (χ0) is 36.4. The second kappa shape index (κ2) is 14.5. The topological polar surface area (TPSA) is 25.2 Å². The summed E-state index contributed by atoms with van der Waals surface area (Å²) >= 11 is 0. The molecule has 258 valence electrons. The average molecular weight is 685 g/mol. The van der Waals surface area contributed by atoms with E-state index in [4.69, 9.17) is 4.99 Å². The number of pyridine rings is 1. The van der Waals surface area contributed by atoms with E-state index >= 15 is 0 Å². The van der Waals surface area contributed by atoms with Gasteiger partial charge in [-0.25, -0.2) is 0 Å². The maximum atomic E-state index is 5.34. The smallest absolute Gasteiger partial charge is 0.0633 e. The predicted molar refractivity (Wildman–Crippen MR) is 228 cm³/mol. The van der Waals surface area contributed by atoms with Crippen molar-refractivity contribution in [3.05, 3.63) is 198 Å². The van der Waals surface area contributed by atoms with E-state index in [9.17, 15) is 0 Å². The first-order valence-corrected chi connectivity index (χ1v) is 18.6. The summed E-state index contributed by atoms with van der Waals surface area (Å²) in [6.45, 7) is 11.3. The molecule has 53 heavy (non-hydrogen) atoms. The van der Waals surface area contributed by atoms with Gasteiger partial charge in [-0.1, -0.05) is 160 Å². The van der Waals surface area contributed by atoms with Crippen LogP contribution < -0.4 is 0 Å². The van der Waals surface area contributed by atoms with Crippen molar-refractivity contribution < 1.29 is 0 Å². The highest BCUT2D eigenvalue weighted by Crippen LogP contribution is 2.43.